The van der Waals surface area contributed by atoms with E-state index in [2.05, 4.69) is 10.2 Å². The molecular formula is C14H19N2O3Y-. The van der Waals surface area contributed by atoms with Crippen LogP contribution in [0, 0.1) is 0 Å². The predicted molar refractivity (Wildman–Crippen MR) is 73.1 cm³/mol. The smallest absolute Gasteiger partial charge is 0.103 e. The van der Waals surface area contributed by atoms with E-state index in [-0.39, 0.29) is 32.7 Å². The van der Waals surface area contributed by atoms with E-state index in [1.54, 1.807) is 18.5 Å². The van der Waals surface area contributed by atoms with Crippen LogP contribution in [-0.2, 0) is 42.2 Å². The summed E-state index contributed by atoms with van der Waals surface area (Å²) >= 11 is 0. The molecule has 2 rings (SSSR count). The van der Waals surface area contributed by atoms with Gasteiger partial charge in [-0.05, 0) is 12.5 Å². The van der Waals surface area contributed by atoms with Gasteiger partial charge in [-0.25, -0.2) is 0 Å². The number of benzene rings is 1. The third-order valence-electron chi connectivity index (χ3n) is 3.02. The normalized spacial score (nSPS) is 15.2. The van der Waals surface area contributed by atoms with Gasteiger partial charge < -0.3 is 19.6 Å². The molecular weight excluding hydrogens is 333 g/mol. The van der Waals surface area contributed by atoms with E-state index in [1.807, 2.05) is 12.1 Å². The molecule has 1 N–H and O–H groups in total. The maximum absolute atomic E-state index is 10.2. The van der Waals surface area contributed by atoms with Crippen LogP contribution < -0.4 is 10.1 Å². The van der Waals surface area contributed by atoms with Crippen molar-refractivity contribution >= 4 is 12.1 Å². The van der Waals surface area contributed by atoms with E-state index in [0.717, 1.165) is 45.0 Å². The zero-order valence-corrected chi connectivity index (χ0v) is 14.3. The van der Waals surface area contributed by atoms with Gasteiger partial charge >= 0.3 is 0 Å². The Morgan fingerprint density at radius 1 is 1.35 bits per heavy atom. The van der Waals surface area contributed by atoms with Gasteiger partial charge in [0.05, 0.1) is 26.2 Å². The van der Waals surface area contributed by atoms with E-state index >= 15 is 0 Å². The van der Waals surface area contributed by atoms with Crippen molar-refractivity contribution in [1.29, 1.82) is 0 Å². The molecule has 5 nitrogen and oxygen atoms in total. The molecule has 1 amide bonds. The van der Waals surface area contributed by atoms with E-state index in [9.17, 15) is 4.79 Å². The summed E-state index contributed by atoms with van der Waals surface area (Å²) in [6.07, 6.45) is 2.63. The average molecular weight is 352 g/mol. The van der Waals surface area contributed by atoms with Crippen molar-refractivity contribution < 1.29 is 47.0 Å². The van der Waals surface area contributed by atoms with Crippen molar-refractivity contribution in [2.45, 2.75) is 6.42 Å². The molecule has 0 aromatic heterocycles. The third-order valence-corrected chi connectivity index (χ3v) is 3.02. The number of anilines is 1. The predicted octanol–water partition coefficient (Wildman–Crippen LogP) is 1.26. The summed E-state index contributed by atoms with van der Waals surface area (Å²) in [5.74, 6) is 0.766. The molecule has 107 valence electrons. The summed E-state index contributed by atoms with van der Waals surface area (Å²) in [7, 11) is 0. The number of nitrogens with one attached hydrogen (secondary N) is 1. The van der Waals surface area contributed by atoms with Gasteiger partial charge in [0.15, 0.2) is 0 Å². The Balaban J connectivity index is 0.00000200. The van der Waals surface area contributed by atoms with Crippen LogP contribution in [0.25, 0.3) is 0 Å². The average Bonchev–Trinajstić information content (AvgIpc) is 2.46. The summed E-state index contributed by atoms with van der Waals surface area (Å²) in [4.78, 5) is 12.6. The quantitative estimate of drug-likeness (QED) is 0.456. The number of morpholine rings is 1. The first kappa shape index (κ1) is 17.6. The summed E-state index contributed by atoms with van der Waals surface area (Å²) in [5, 5.41) is 2.48. The fourth-order valence-electron chi connectivity index (χ4n) is 2.03. The van der Waals surface area contributed by atoms with Crippen LogP contribution in [0.1, 0.15) is 6.42 Å². The van der Waals surface area contributed by atoms with Crippen molar-refractivity contribution in [3.63, 3.8) is 0 Å². The van der Waals surface area contributed by atoms with Gasteiger partial charge in [-0.1, -0.05) is 12.1 Å². The maximum Gasteiger partial charge on any atom is 0.103 e. The third kappa shape index (κ3) is 6.31. The van der Waals surface area contributed by atoms with Gasteiger partial charge in [0.2, 0.25) is 0 Å². The van der Waals surface area contributed by atoms with Gasteiger partial charge in [-0.2, -0.15) is 0 Å². The maximum atomic E-state index is 10.2. The molecule has 1 radical (unpaired) electrons. The van der Waals surface area contributed by atoms with Gasteiger partial charge in [-0.3, -0.25) is 4.90 Å². The molecule has 20 heavy (non-hydrogen) atoms. The molecule has 1 aromatic rings. The molecule has 0 aliphatic carbocycles. The number of hydrogen-bond acceptors (Lipinski definition) is 4. The summed E-state index contributed by atoms with van der Waals surface area (Å²) < 4.78 is 11.0. The van der Waals surface area contributed by atoms with Crippen LogP contribution >= 0.6 is 0 Å². The van der Waals surface area contributed by atoms with E-state index < -0.39 is 0 Å². The minimum atomic E-state index is 0. The molecule has 1 aliphatic heterocycles. The number of carbonyl (C=O) groups excluding carboxylic acids is 1. The minimum absolute atomic E-state index is 0. The first-order valence-electron chi connectivity index (χ1n) is 6.54. The molecule has 1 aliphatic rings. The standard InChI is InChI=1S/C14H19N2O3.Y/c17-12-15-13-3-1-4-14(11-13)19-8-2-5-16-6-9-18-10-7-16;/h1,3-4,11H,2,5-10H2,(H,15,17);/q-1;. The first-order chi connectivity index (χ1) is 9.38. The molecule has 0 atom stereocenters. The second kappa shape index (κ2) is 10.3. The van der Waals surface area contributed by atoms with Gasteiger partial charge in [0.1, 0.15) is 5.75 Å². The van der Waals surface area contributed by atoms with Crippen molar-refractivity contribution in [3.05, 3.63) is 24.3 Å². The molecule has 1 saturated heterocycles. The number of ether oxygens (including phenoxy) is 2. The molecule has 1 heterocycles. The Hall–Kier alpha value is -0.486. The Bertz CT molecular complexity index is 398. The number of rotatable bonds is 7. The van der Waals surface area contributed by atoms with Crippen LogP contribution in [0.4, 0.5) is 5.69 Å². The van der Waals surface area contributed by atoms with Crippen molar-refractivity contribution in [2.75, 3.05) is 44.8 Å². The summed E-state index contributed by atoms with van der Waals surface area (Å²) in [6.45, 7) is 5.38. The van der Waals surface area contributed by atoms with E-state index in [4.69, 9.17) is 9.47 Å². The first-order valence-corrected chi connectivity index (χ1v) is 6.54. The van der Waals surface area contributed by atoms with E-state index in [1.165, 1.54) is 0 Å². The Morgan fingerprint density at radius 2 is 2.15 bits per heavy atom. The zero-order chi connectivity index (χ0) is 13.3. The van der Waals surface area contributed by atoms with Crippen LogP contribution in [0.2, 0.25) is 0 Å². The molecule has 6 heteroatoms. The number of nitrogens with zero attached hydrogens (tertiary/aromatic N) is 1. The van der Waals surface area contributed by atoms with Crippen molar-refractivity contribution in [1.82, 2.24) is 4.90 Å². The fourth-order valence-corrected chi connectivity index (χ4v) is 2.03. The monoisotopic (exact) mass is 352 g/mol. The van der Waals surface area contributed by atoms with E-state index in [0.29, 0.717) is 12.3 Å². The van der Waals surface area contributed by atoms with Crippen LogP contribution in [0.5, 0.6) is 5.75 Å². The zero-order valence-electron chi connectivity index (χ0n) is 11.5. The largest absolute Gasteiger partial charge is 0.495 e. The molecule has 1 fully saturated rings. The second-order valence-electron chi connectivity index (χ2n) is 4.41. The summed E-state index contributed by atoms with van der Waals surface area (Å²) in [5.41, 5.74) is 0.695. The number of hydrogen-bond donors (Lipinski definition) is 1. The summed E-state index contributed by atoms with van der Waals surface area (Å²) in [6, 6.07) is 7.31. The van der Waals surface area contributed by atoms with Gasteiger partial charge in [0, 0.05) is 52.3 Å². The molecule has 1 aromatic carbocycles. The van der Waals surface area contributed by atoms with Crippen LogP contribution in [0.3, 0.4) is 0 Å². The second-order valence-corrected chi connectivity index (χ2v) is 4.41. The minimum Gasteiger partial charge on any atom is -0.495 e. The Labute approximate surface area is 144 Å². The Morgan fingerprint density at radius 3 is 2.90 bits per heavy atom. The Kier molecular flexibility index (Phi) is 9.02. The van der Waals surface area contributed by atoms with Gasteiger partial charge in [0.25, 0.3) is 0 Å². The van der Waals surface area contributed by atoms with Crippen molar-refractivity contribution in [3.8, 4) is 5.75 Å². The van der Waals surface area contributed by atoms with Crippen LogP contribution in [0.15, 0.2) is 24.3 Å². The topological polar surface area (TPSA) is 50.8 Å². The van der Waals surface area contributed by atoms with Crippen LogP contribution in [-0.4, -0.2) is 50.8 Å². The van der Waals surface area contributed by atoms with Crippen molar-refractivity contribution in [2.24, 2.45) is 0 Å². The van der Waals surface area contributed by atoms with Gasteiger partial charge in [-0.15, -0.1) is 11.8 Å². The SMILES string of the molecule is O=[C-]Nc1cccc(OCCCN2CCOCC2)c1.[Y]. The molecule has 0 bridgehead atoms. The number of amides is 1. The molecule has 0 unspecified atom stereocenters. The fraction of sp³-hybridized carbons (Fsp3) is 0.500. The molecule has 0 saturated carbocycles. The molecule has 0 spiro atoms.